The van der Waals surface area contributed by atoms with Crippen molar-refractivity contribution in [3.8, 4) is 0 Å². The van der Waals surface area contributed by atoms with Crippen LogP contribution in [0.4, 0.5) is 0 Å². The molecule has 1 heterocycles. The fourth-order valence-electron chi connectivity index (χ4n) is 3.99. The lowest BCUT2D eigenvalue weighted by Gasteiger charge is -2.43. The molecule has 0 unspecified atom stereocenters. The number of aliphatic hydroxyl groups excluding tert-OH is 1. The van der Waals surface area contributed by atoms with Crippen molar-refractivity contribution in [2.75, 3.05) is 13.1 Å². The van der Waals surface area contributed by atoms with Gasteiger partial charge in [0.1, 0.15) is 0 Å². The van der Waals surface area contributed by atoms with Crippen LogP contribution in [0, 0.1) is 5.41 Å². The fourth-order valence-corrected chi connectivity index (χ4v) is 3.99. The molecule has 3 rings (SSSR count). The highest BCUT2D eigenvalue weighted by Gasteiger charge is 2.35. The Balaban J connectivity index is 1.47. The zero-order chi connectivity index (χ0) is 14.5. The molecule has 1 aliphatic carbocycles. The lowest BCUT2D eigenvalue weighted by atomic mass is 9.67. The van der Waals surface area contributed by atoms with E-state index in [1.54, 1.807) is 0 Å². The minimum atomic E-state index is 0.133. The molecule has 1 spiro atoms. The van der Waals surface area contributed by atoms with Crippen molar-refractivity contribution < 1.29 is 5.11 Å². The van der Waals surface area contributed by atoms with Crippen LogP contribution in [0.1, 0.15) is 49.7 Å². The van der Waals surface area contributed by atoms with Gasteiger partial charge < -0.3 is 15.7 Å². The number of hydrogen-bond donors (Lipinski definition) is 3. The summed E-state index contributed by atoms with van der Waals surface area (Å²) in [4.78, 5) is 0. The topological polar surface area (TPSA) is 44.3 Å². The van der Waals surface area contributed by atoms with E-state index in [9.17, 15) is 5.11 Å². The Hall–Kier alpha value is -0.900. The Labute approximate surface area is 128 Å². The molecule has 1 saturated heterocycles. The Bertz CT molecular complexity index is 444. The van der Waals surface area contributed by atoms with Gasteiger partial charge in [0.25, 0.3) is 0 Å². The maximum atomic E-state index is 9.19. The lowest BCUT2D eigenvalue weighted by Crippen LogP contribution is -2.42. The molecule has 0 atom stereocenters. The first-order valence-corrected chi connectivity index (χ1v) is 8.42. The number of aliphatic hydroxyl groups is 1. The van der Waals surface area contributed by atoms with E-state index in [4.69, 9.17) is 0 Å². The van der Waals surface area contributed by atoms with Crippen molar-refractivity contribution >= 4 is 0 Å². The Kier molecular flexibility index (Phi) is 4.94. The average Bonchev–Trinajstić information content (AvgIpc) is 2.55. The first kappa shape index (κ1) is 15.0. The van der Waals surface area contributed by atoms with Gasteiger partial charge in [-0.3, -0.25) is 0 Å². The molecule has 116 valence electrons. The Morgan fingerprint density at radius 1 is 1.10 bits per heavy atom. The molecule has 1 aromatic rings. The second-order valence-corrected chi connectivity index (χ2v) is 6.88. The summed E-state index contributed by atoms with van der Waals surface area (Å²) >= 11 is 0. The molecule has 0 aromatic heterocycles. The van der Waals surface area contributed by atoms with Gasteiger partial charge in [0.2, 0.25) is 0 Å². The quantitative estimate of drug-likeness (QED) is 0.798. The van der Waals surface area contributed by atoms with Gasteiger partial charge in [-0.15, -0.1) is 0 Å². The zero-order valence-electron chi connectivity index (χ0n) is 12.9. The predicted molar refractivity (Wildman–Crippen MR) is 86.0 cm³/mol. The van der Waals surface area contributed by atoms with Crippen LogP contribution in [0.2, 0.25) is 0 Å². The number of benzene rings is 1. The van der Waals surface area contributed by atoms with Gasteiger partial charge in [-0.1, -0.05) is 24.3 Å². The van der Waals surface area contributed by atoms with Gasteiger partial charge in [-0.2, -0.15) is 0 Å². The van der Waals surface area contributed by atoms with Crippen LogP contribution < -0.4 is 10.6 Å². The first-order chi connectivity index (χ1) is 10.3. The molecule has 0 amide bonds. The van der Waals surface area contributed by atoms with Crippen LogP contribution in [0.5, 0.6) is 0 Å². The highest BCUT2D eigenvalue weighted by molar-refractivity contribution is 5.22. The maximum absolute atomic E-state index is 9.19. The van der Waals surface area contributed by atoms with E-state index in [1.807, 2.05) is 12.1 Å². The highest BCUT2D eigenvalue weighted by Crippen LogP contribution is 2.43. The molecule has 3 heteroatoms. The third kappa shape index (κ3) is 3.85. The number of nitrogens with one attached hydrogen (secondary N) is 2. The summed E-state index contributed by atoms with van der Waals surface area (Å²) in [6, 6.07) is 8.93. The van der Waals surface area contributed by atoms with Crippen molar-refractivity contribution in [1.29, 1.82) is 0 Å². The average molecular weight is 288 g/mol. The third-order valence-electron chi connectivity index (χ3n) is 5.48. The van der Waals surface area contributed by atoms with Gasteiger partial charge in [-0.25, -0.2) is 0 Å². The molecule has 21 heavy (non-hydrogen) atoms. The van der Waals surface area contributed by atoms with Crippen molar-refractivity contribution in [2.24, 2.45) is 5.41 Å². The van der Waals surface area contributed by atoms with Crippen LogP contribution >= 0.6 is 0 Å². The molecule has 3 N–H and O–H groups in total. The summed E-state index contributed by atoms with van der Waals surface area (Å²) in [5, 5.41) is 16.4. The van der Waals surface area contributed by atoms with Gasteiger partial charge in [0.15, 0.2) is 0 Å². The van der Waals surface area contributed by atoms with Crippen molar-refractivity contribution in [3.05, 3.63) is 35.4 Å². The van der Waals surface area contributed by atoms with Crippen LogP contribution in [0.25, 0.3) is 0 Å². The molecule has 2 fully saturated rings. The molecular weight excluding hydrogens is 260 g/mol. The van der Waals surface area contributed by atoms with Crippen molar-refractivity contribution in [1.82, 2.24) is 10.6 Å². The SMILES string of the molecule is OCc1cccc(CNC2CCC3(CCNCC3)CC2)c1. The standard InChI is InChI=1S/C18H28N2O/c21-14-16-3-1-2-15(12-16)13-20-17-4-6-18(7-5-17)8-10-19-11-9-18/h1-3,12,17,19-21H,4-11,13-14H2. The molecule has 3 nitrogen and oxygen atoms in total. The van der Waals surface area contributed by atoms with Crippen LogP contribution in [0.15, 0.2) is 24.3 Å². The van der Waals surface area contributed by atoms with Crippen molar-refractivity contribution in [3.63, 3.8) is 0 Å². The summed E-state index contributed by atoms with van der Waals surface area (Å²) in [6.07, 6.45) is 8.17. The first-order valence-electron chi connectivity index (χ1n) is 8.42. The second kappa shape index (κ2) is 6.91. The van der Waals surface area contributed by atoms with Crippen molar-refractivity contribution in [2.45, 2.75) is 57.7 Å². The van der Waals surface area contributed by atoms with Gasteiger partial charge in [0.05, 0.1) is 6.61 Å². The van der Waals surface area contributed by atoms with Gasteiger partial charge in [-0.05, 0) is 68.2 Å². The van der Waals surface area contributed by atoms with Crippen LogP contribution in [-0.4, -0.2) is 24.2 Å². The summed E-state index contributed by atoms with van der Waals surface area (Å²) in [7, 11) is 0. The minimum absolute atomic E-state index is 0.133. The minimum Gasteiger partial charge on any atom is -0.392 e. The maximum Gasteiger partial charge on any atom is 0.0681 e. The number of piperidine rings is 1. The summed E-state index contributed by atoms with van der Waals surface area (Å²) in [6.45, 7) is 3.49. The van der Waals surface area contributed by atoms with E-state index in [1.165, 1.54) is 57.2 Å². The van der Waals surface area contributed by atoms with E-state index in [0.29, 0.717) is 11.5 Å². The Morgan fingerprint density at radius 2 is 1.81 bits per heavy atom. The van der Waals surface area contributed by atoms with Crippen LogP contribution in [-0.2, 0) is 13.2 Å². The summed E-state index contributed by atoms with van der Waals surface area (Å²) in [5.41, 5.74) is 2.94. The smallest absolute Gasteiger partial charge is 0.0681 e. The molecular formula is C18H28N2O. The second-order valence-electron chi connectivity index (χ2n) is 6.88. The van der Waals surface area contributed by atoms with E-state index in [0.717, 1.165) is 12.1 Å². The van der Waals surface area contributed by atoms with E-state index >= 15 is 0 Å². The number of rotatable bonds is 4. The summed E-state index contributed by atoms with van der Waals surface area (Å²) in [5.74, 6) is 0. The monoisotopic (exact) mass is 288 g/mol. The van der Waals surface area contributed by atoms with Gasteiger partial charge >= 0.3 is 0 Å². The molecule has 0 radical (unpaired) electrons. The normalized spacial score (nSPS) is 22.5. The zero-order valence-corrected chi connectivity index (χ0v) is 12.9. The molecule has 0 bridgehead atoms. The number of hydrogen-bond acceptors (Lipinski definition) is 3. The largest absolute Gasteiger partial charge is 0.392 e. The fraction of sp³-hybridized carbons (Fsp3) is 0.667. The Morgan fingerprint density at radius 3 is 2.52 bits per heavy atom. The van der Waals surface area contributed by atoms with E-state index in [2.05, 4.69) is 22.8 Å². The molecule has 1 aromatic carbocycles. The molecule has 2 aliphatic rings. The lowest BCUT2D eigenvalue weighted by molar-refractivity contribution is 0.115. The summed E-state index contributed by atoms with van der Waals surface area (Å²) < 4.78 is 0. The van der Waals surface area contributed by atoms with Crippen LogP contribution in [0.3, 0.4) is 0 Å². The predicted octanol–water partition coefficient (Wildman–Crippen LogP) is 2.58. The highest BCUT2D eigenvalue weighted by atomic mass is 16.3. The van der Waals surface area contributed by atoms with E-state index in [-0.39, 0.29) is 6.61 Å². The molecule has 1 saturated carbocycles. The third-order valence-corrected chi connectivity index (χ3v) is 5.48. The van der Waals surface area contributed by atoms with Gasteiger partial charge in [0, 0.05) is 12.6 Å². The molecule has 1 aliphatic heterocycles. The van der Waals surface area contributed by atoms with E-state index < -0.39 is 0 Å².